The van der Waals surface area contributed by atoms with Gasteiger partial charge in [0.05, 0.1) is 13.7 Å². The van der Waals surface area contributed by atoms with Crippen molar-refractivity contribution in [3.8, 4) is 0 Å². The Bertz CT molecular complexity index is 597. The average Bonchev–Trinajstić information content (AvgIpc) is 3.01. The van der Waals surface area contributed by atoms with Crippen molar-refractivity contribution in [3.63, 3.8) is 0 Å². The molecule has 2 rings (SSSR count). The minimum atomic E-state index is -0.384. The Morgan fingerprint density at radius 3 is 2.73 bits per heavy atom. The monoisotopic (exact) mass is 479 g/mol. The number of furan rings is 1. The molecule has 1 aromatic rings. The van der Waals surface area contributed by atoms with Gasteiger partial charge in [-0.15, -0.1) is 24.0 Å². The number of carbonyl (C=O) groups excluding carboxylic acids is 1. The Hall–Kier alpha value is -1.29. The van der Waals surface area contributed by atoms with Crippen molar-refractivity contribution in [1.29, 1.82) is 0 Å². The zero-order valence-electron chi connectivity index (χ0n) is 16.0. The Kier molecular flexibility index (Phi) is 10.0. The van der Waals surface area contributed by atoms with Crippen molar-refractivity contribution in [3.05, 3.63) is 23.2 Å². The lowest BCUT2D eigenvalue weighted by molar-refractivity contribution is 0.0598. The number of rotatable bonds is 6. The van der Waals surface area contributed by atoms with Crippen LogP contribution in [-0.4, -0.2) is 57.8 Å². The molecule has 26 heavy (non-hydrogen) atoms. The van der Waals surface area contributed by atoms with Gasteiger partial charge in [-0.1, -0.05) is 0 Å². The number of esters is 1. The molecule has 1 aromatic heterocycles. The predicted molar refractivity (Wildman–Crippen MR) is 111 cm³/mol. The van der Waals surface area contributed by atoms with Crippen LogP contribution in [0.4, 0.5) is 0 Å². The van der Waals surface area contributed by atoms with Crippen molar-refractivity contribution < 1.29 is 18.7 Å². The third kappa shape index (κ3) is 6.46. The van der Waals surface area contributed by atoms with E-state index in [4.69, 9.17) is 13.9 Å². The molecule has 1 N–H and O–H groups in total. The standard InChI is InChI=1S/C18H29N3O4.HI/c1-13-16(17(22)23-4)11-15(25-13)12-20-18(19-2)21(3)8-5-14-6-9-24-10-7-14;/h11,14H,5-10,12H2,1-4H3,(H,19,20);1H. The van der Waals surface area contributed by atoms with Gasteiger partial charge in [-0.25, -0.2) is 4.79 Å². The summed E-state index contributed by atoms with van der Waals surface area (Å²) in [5.41, 5.74) is 0.460. The highest BCUT2D eigenvalue weighted by molar-refractivity contribution is 14.0. The largest absolute Gasteiger partial charge is 0.465 e. The summed E-state index contributed by atoms with van der Waals surface area (Å²) in [7, 11) is 5.16. The van der Waals surface area contributed by atoms with Gasteiger partial charge in [-0.05, 0) is 38.2 Å². The fraction of sp³-hybridized carbons (Fsp3) is 0.667. The first-order valence-electron chi connectivity index (χ1n) is 8.72. The highest BCUT2D eigenvalue weighted by Crippen LogP contribution is 2.19. The third-order valence-corrected chi connectivity index (χ3v) is 4.58. The number of guanidine groups is 1. The summed E-state index contributed by atoms with van der Waals surface area (Å²) in [5.74, 6) is 2.39. The fourth-order valence-corrected chi connectivity index (χ4v) is 3.01. The number of hydrogen-bond donors (Lipinski definition) is 1. The van der Waals surface area contributed by atoms with Crippen molar-refractivity contribution in [2.45, 2.75) is 32.7 Å². The normalized spacial score (nSPS) is 15.3. The van der Waals surface area contributed by atoms with E-state index in [0.717, 1.165) is 50.9 Å². The summed E-state index contributed by atoms with van der Waals surface area (Å²) < 4.78 is 15.8. The van der Waals surface area contributed by atoms with Gasteiger partial charge in [-0.3, -0.25) is 4.99 Å². The van der Waals surface area contributed by atoms with Crippen LogP contribution in [0.1, 0.15) is 41.1 Å². The SMILES string of the molecule is CN=C(NCc1cc(C(=O)OC)c(C)o1)N(C)CCC1CCOCC1.I. The highest BCUT2D eigenvalue weighted by atomic mass is 127. The van der Waals surface area contributed by atoms with Gasteiger partial charge in [0.25, 0.3) is 0 Å². The molecule has 0 saturated carbocycles. The van der Waals surface area contributed by atoms with E-state index in [1.54, 1.807) is 20.0 Å². The Morgan fingerprint density at radius 1 is 1.42 bits per heavy atom. The molecule has 0 aliphatic carbocycles. The van der Waals surface area contributed by atoms with E-state index < -0.39 is 0 Å². The van der Waals surface area contributed by atoms with E-state index in [9.17, 15) is 4.79 Å². The average molecular weight is 479 g/mol. The summed E-state index contributed by atoms with van der Waals surface area (Å²) in [5, 5.41) is 3.28. The first-order chi connectivity index (χ1) is 12.0. The molecule has 1 aliphatic heterocycles. The molecule has 0 unspecified atom stereocenters. The van der Waals surface area contributed by atoms with E-state index in [2.05, 4.69) is 15.2 Å². The molecule has 1 saturated heterocycles. The molecule has 7 nitrogen and oxygen atoms in total. The number of nitrogens with zero attached hydrogens (tertiary/aromatic N) is 2. The number of aliphatic imine (C=N–C) groups is 1. The smallest absolute Gasteiger partial charge is 0.341 e. The number of halogens is 1. The van der Waals surface area contributed by atoms with E-state index in [0.29, 0.717) is 23.6 Å². The van der Waals surface area contributed by atoms with Gasteiger partial charge in [0, 0.05) is 33.9 Å². The summed E-state index contributed by atoms with van der Waals surface area (Å²) >= 11 is 0. The second kappa shape index (κ2) is 11.4. The molecular formula is C18H30IN3O4. The van der Waals surface area contributed by atoms with E-state index in [1.165, 1.54) is 7.11 Å². The molecule has 148 valence electrons. The van der Waals surface area contributed by atoms with Crippen LogP contribution in [0.25, 0.3) is 0 Å². The molecule has 0 amide bonds. The molecule has 0 aromatic carbocycles. The first kappa shape index (κ1) is 22.8. The number of nitrogens with one attached hydrogen (secondary N) is 1. The summed E-state index contributed by atoms with van der Waals surface area (Å²) in [6, 6.07) is 1.71. The Labute approximate surface area is 172 Å². The lowest BCUT2D eigenvalue weighted by Crippen LogP contribution is -2.39. The lowest BCUT2D eigenvalue weighted by Gasteiger charge is -2.26. The molecule has 0 radical (unpaired) electrons. The van der Waals surface area contributed by atoms with Crippen LogP contribution in [0.3, 0.4) is 0 Å². The number of methoxy groups -OCH3 is 1. The number of aryl methyl sites for hydroxylation is 1. The minimum Gasteiger partial charge on any atom is -0.465 e. The van der Waals surface area contributed by atoms with Crippen LogP contribution < -0.4 is 5.32 Å². The van der Waals surface area contributed by atoms with Crippen LogP contribution in [0.5, 0.6) is 0 Å². The second-order valence-electron chi connectivity index (χ2n) is 6.34. The number of ether oxygens (including phenoxy) is 2. The maximum atomic E-state index is 11.6. The van der Waals surface area contributed by atoms with Crippen LogP contribution in [-0.2, 0) is 16.0 Å². The zero-order valence-corrected chi connectivity index (χ0v) is 18.4. The van der Waals surface area contributed by atoms with Crippen LogP contribution in [0, 0.1) is 12.8 Å². The maximum absolute atomic E-state index is 11.6. The fourth-order valence-electron chi connectivity index (χ4n) is 3.01. The van der Waals surface area contributed by atoms with Gasteiger partial charge in [0.15, 0.2) is 5.96 Å². The molecule has 8 heteroatoms. The lowest BCUT2D eigenvalue weighted by atomic mass is 9.96. The highest BCUT2D eigenvalue weighted by Gasteiger charge is 2.17. The van der Waals surface area contributed by atoms with Gasteiger partial charge < -0.3 is 24.1 Å². The summed E-state index contributed by atoms with van der Waals surface area (Å²) in [6.07, 6.45) is 3.41. The van der Waals surface area contributed by atoms with E-state index >= 15 is 0 Å². The first-order valence-corrected chi connectivity index (χ1v) is 8.72. The molecule has 1 fully saturated rings. The Morgan fingerprint density at radius 2 is 2.12 bits per heavy atom. The second-order valence-corrected chi connectivity index (χ2v) is 6.34. The Balaban J connectivity index is 0.00000338. The van der Waals surface area contributed by atoms with Crippen molar-refractivity contribution in [1.82, 2.24) is 10.2 Å². The third-order valence-electron chi connectivity index (χ3n) is 4.58. The zero-order chi connectivity index (χ0) is 18.2. The predicted octanol–water partition coefficient (Wildman–Crippen LogP) is 2.82. The number of carbonyl (C=O) groups is 1. The maximum Gasteiger partial charge on any atom is 0.341 e. The van der Waals surface area contributed by atoms with Crippen molar-refractivity contribution >= 4 is 35.9 Å². The van der Waals surface area contributed by atoms with Crippen molar-refractivity contribution in [2.24, 2.45) is 10.9 Å². The molecule has 1 aliphatic rings. The number of hydrogen-bond acceptors (Lipinski definition) is 5. The molecular weight excluding hydrogens is 449 g/mol. The van der Waals surface area contributed by atoms with Crippen LogP contribution in [0.2, 0.25) is 0 Å². The summed E-state index contributed by atoms with van der Waals surface area (Å²) in [6.45, 7) is 4.91. The van der Waals surface area contributed by atoms with Crippen molar-refractivity contribution in [2.75, 3.05) is 41.0 Å². The topological polar surface area (TPSA) is 76.3 Å². The van der Waals surface area contributed by atoms with Crippen LogP contribution >= 0.6 is 24.0 Å². The van der Waals surface area contributed by atoms with E-state index in [-0.39, 0.29) is 29.9 Å². The van der Waals surface area contributed by atoms with Crippen LogP contribution in [0.15, 0.2) is 15.5 Å². The van der Waals surface area contributed by atoms with E-state index in [1.807, 2.05) is 7.05 Å². The molecule has 0 spiro atoms. The van der Waals surface area contributed by atoms with Gasteiger partial charge >= 0.3 is 5.97 Å². The van der Waals surface area contributed by atoms with Gasteiger partial charge in [0.2, 0.25) is 0 Å². The molecule has 0 bridgehead atoms. The van der Waals surface area contributed by atoms with Gasteiger partial charge in [0.1, 0.15) is 17.1 Å². The minimum absolute atomic E-state index is 0. The molecule has 0 atom stereocenters. The van der Waals surface area contributed by atoms with Gasteiger partial charge in [-0.2, -0.15) is 0 Å². The molecule has 2 heterocycles. The summed E-state index contributed by atoms with van der Waals surface area (Å²) in [4.78, 5) is 18.1. The quantitative estimate of drug-likeness (QED) is 0.293.